The number of fused-ring (bicyclic) bond motifs is 1. The van der Waals surface area contributed by atoms with Gasteiger partial charge in [0, 0.05) is 18.3 Å². The van der Waals surface area contributed by atoms with Crippen LogP contribution in [0.25, 0.3) is 0 Å². The van der Waals surface area contributed by atoms with Crippen molar-refractivity contribution in [3.8, 4) is 0 Å². The Kier molecular flexibility index (Phi) is 1.70. The molecule has 1 unspecified atom stereocenters. The van der Waals surface area contributed by atoms with E-state index in [1.165, 1.54) is 12.2 Å². The lowest BCUT2D eigenvalue weighted by molar-refractivity contribution is 0.374. The first-order chi connectivity index (χ1) is 4.88. The largest absolute Gasteiger partial charge is 0.350 e. The fourth-order valence-corrected chi connectivity index (χ4v) is 2.82. The lowest BCUT2D eigenvalue weighted by Crippen LogP contribution is -2.34. The Morgan fingerprint density at radius 3 is 3.30 bits per heavy atom. The molecule has 0 spiro atoms. The molecule has 1 fully saturated rings. The minimum absolute atomic E-state index is 0.711. The topological polar surface area (TPSA) is 3.24 Å². The molecule has 1 atom stereocenters. The van der Waals surface area contributed by atoms with Gasteiger partial charge in [0.15, 0.2) is 0 Å². The molecule has 2 heterocycles. The maximum absolute atomic E-state index is 5.17. The van der Waals surface area contributed by atoms with Gasteiger partial charge in [-0.1, -0.05) is 36.1 Å². The van der Waals surface area contributed by atoms with Gasteiger partial charge in [-0.05, 0) is 6.42 Å². The summed E-state index contributed by atoms with van der Waals surface area (Å²) in [5, 5.41) is 0. The Morgan fingerprint density at radius 1 is 1.60 bits per heavy atom. The minimum Gasteiger partial charge on any atom is -0.350 e. The molecule has 3 heteroatoms. The molecular formula is C7H9NS2. The SMILES string of the molecule is S=C1SCC2CC=CCN12. The fraction of sp³-hybridized carbons (Fsp3) is 0.571. The van der Waals surface area contributed by atoms with Crippen LogP contribution < -0.4 is 0 Å². The van der Waals surface area contributed by atoms with Gasteiger partial charge in [0.1, 0.15) is 4.32 Å². The Labute approximate surface area is 70.5 Å². The van der Waals surface area contributed by atoms with E-state index in [-0.39, 0.29) is 0 Å². The van der Waals surface area contributed by atoms with Crippen LogP contribution in [-0.2, 0) is 0 Å². The van der Waals surface area contributed by atoms with E-state index in [1.54, 1.807) is 0 Å². The number of rotatable bonds is 0. The maximum Gasteiger partial charge on any atom is 0.137 e. The lowest BCUT2D eigenvalue weighted by atomic mass is 10.1. The summed E-state index contributed by atoms with van der Waals surface area (Å²) in [6.45, 7) is 1.04. The summed E-state index contributed by atoms with van der Waals surface area (Å²) < 4.78 is 1.09. The van der Waals surface area contributed by atoms with Crippen LogP contribution >= 0.6 is 24.0 Å². The van der Waals surface area contributed by atoms with Crippen LogP contribution in [0.15, 0.2) is 12.2 Å². The summed E-state index contributed by atoms with van der Waals surface area (Å²) in [7, 11) is 0. The molecule has 0 amide bonds. The van der Waals surface area contributed by atoms with Gasteiger partial charge in [-0.25, -0.2) is 0 Å². The van der Waals surface area contributed by atoms with Crippen LogP contribution in [0.5, 0.6) is 0 Å². The zero-order valence-electron chi connectivity index (χ0n) is 5.62. The van der Waals surface area contributed by atoms with Crippen LogP contribution in [0.4, 0.5) is 0 Å². The Morgan fingerprint density at radius 2 is 2.50 bits per heavy atom. The predicted octanol–water partition coefficient (Wildman–Crippen LogP) is 1.65. The second-order valence-electron chi connectivity index (χ2n) is 2.59. The molecule has 0 saturated carbocycles. The average Bonchev–Trinajstić information content (AvgIpc) is 2.34. The van der Waals surface area contributed by atoms with Gasteiger partial charge in [0.05, 0.1) is 0 Å². The van der Waals surface area contributed by atoms with Crippen LogP contribution in [0, 0.1) is 0 Å². The molecule has 2 rings (SSSR count). The summed E-state index contributed by atoms with van der Waals surface area (Å²) >= 11 is 6.99. The fourth-order valence-electron chi connectivity index (χ4n) is 1.35. The molecular weight excluding hydrogens is 162 g/mol. The molecule has 0 aromatic heterocycles. The molecule has 0 aliphatic carbocycles. The highest BCUT2D eigenvalue weighted by atomic mass is 32.2. The van der Waals surface area contributed by atoms with Crippen molar-refractivity contribution in [2.45, 2.75) is 12.5 Å². The second kappa shape index (κ2) is 2.55. The van der Waals surface area contributed by atoms with E-state index < -0.39 is 0 Å². The van der Waals surface area contributed by atoms with Crippen molar-refractivity contribution >= 4 is 28.3 Å². The van der Waals surface area contributed by atoms with Gasteiger partial charge >= 0.3 is 0 Å². The molecule has 0 N–H and O–H groups in total. The smallest absolute Gasteiger partial charge is 0.137 e. The third-order valence-corrected chi connectivity index (χ3v) is 3.57. The second-order valence-corrected chi connectivity index (χ2v) is 4.24. The number of thiocarbonyl (C=S) groups is 1. The van der Waals surface area contributed by atoms with Crippen LogP contribution in [0.1, 0.15) is 6.42 Å². The zero-order valence-corrected chi connectivity index (χ0v) is 7.25. The van der Waals surface area contributed by atoms with Gasteiger partial charge < -0.3 is 4.90 Å². The van der Waals surface area contributed by atoms with Gasteiger partial charge in [-0.3, -0.25) is 0 Å². The lowest BCUT2D eigenvalue weighted by Gasteiger charge is -2.26. The molecule has 10 heavy (non-hydrogen) atoms. The molecule has 0 radical (unpaired) electrons. The summed E-state index contributed by atoms with van der Waals surface area (Å²) in [6.07, 6.45) is 5.65. The van der Waals surface area contributed by atoms with E-state index >= 15 is 0 Å². The molecule has 0 aromatic rings. The zero-order chi connectivity index (χ0) is 6.97. The average molecular weight is 171 g/mol. The normalized spacial score (nSPS) is 31.0. The molecule has 0 aromatic carbocycles. The highest BCUT2D eigenvalue weighted by molar-refractivity contribution is 8.23. The van der Waals surface area contributed by atoms with Crippen molar-refractivity contribution in [3.05, 3.63) is 12.2 Å². The summed E-state index contributed by atoms with van der Waals surface area (Å²) in [4.78, 5) is 2.32. The van der Waals surface area contributed by atoms with E-state index in [2.05, 4.69) is 17.1 Å². The van der Waals surface area contributed by atoms with Crippen LogP contribution in [0.3, 0.4) is 0 Å². The molecule has 2 aliphatic heterocycles. The van der Waals surface area contributed by atoms with Gasteiger partial charge in [-0.15, -0.1) is 0 Å². The number of thioether (sulfide) groups is 1. The predicted molar refractivity (Wildman–Crippen MR) is 49.3 cm³/mol. The Hall–Kier alpha value is -0.0200. The van der Waals surface area contributed by atoms with Crippen molar-refractivity contribution in [3.63, 3.8) is 0 Å². The van der Waals surface area contributed by atoms with E-state index in [4.69, 9.17) is 12.2 Å². The number of hydrogen-bond donors (Lipinski definition) is 0. The Bertz CT molecular complexity index is 188. The summed E-state index contributed by atoms with van der Waals surface area (Å²) in [6, 6.07) is 0.711. The number of nitrogens with zero attached hydrogens (tertiary/aromatic N) is 1. The van der Waals surface area contributed by atoms with Crippen molar-refractivity contribution in [2.75, 3.05) is 12.3 Å². The van der Waals surface area contributed by atoms with Crippen molar-refractivity contribution in [1.82, 2.24) is 4.90 Å². The summed E-state index contributed by atoms with van der Waals surface area (Å²) in [5.74, 6) is 1.20. The van der Waals surface area contributed by atoms with Crippen molar-refractivity contribution < 1.29 is 0 Å². The molecule has 2 aliphatic rings. The molecule has 54 valence electrons. The first kappa shape index (κ1) is 6.68. The third kappa shape index (κ3) is 0.974. The quantitative estimate of drug-likeness (QED) is 0.403. The molecule has 0 bridgehead atoms. The highest BCUT2D eigenvalue weighted by Crippen LogP contribution is 2.28. The first-order valence-corrected chi connectivity index (χ1v) is 4.86. The highest BCUT2D eigenvalue weighted by Gasteiger charge is 2.28. The number of hydrogen-bond acceptors (Lipinski definition) is 2. The maximum atomic E-state index is 5.17. The van der Waals surface area contributed by atoms with Crippen LogP contribution in [0.2, 0.25) is 0 Å². The minimum atomic E-state index is 0.711. The van der Waals surface area contributed by atoms with Gasteiger partial charge in [-0.2, -0.15) is 0 Å². The van der Waals surface area contributed by atoms with Gasteiger partial charge in [0.2, 0.25) is 0 Å². The van der Waals surface area contributed by atoms with Crippen LogP contribution in [-0.4, -0.2) is 27.6 Å². The first-order valence-electron chi connectivity index (χ1n) is 3.46. The molecule has 1 saturated heterocycles. The van der Waals surface area contributed by atoms with E-state index in [0.29, 0.717) is 6.04 Å². The Balaban J connectivity index is 2.17. The third-order valence-electron chi connectivity index (χ3n) is 1.95. The van der Waals surface area contributed by atoms with Crippen molar-refractivity contribution in [2.24, 2.45) is 0 Å². The van der Waals surface area contributed by atoms with E-state index in [9.17, 15) is 0 Å². The van der Waals surface area contributed by atoms with Gasteiger partial charge in [0.25, 0.3) is 0 Å². The monoisotopic (exact) mass is 171 g/mol. The van der Waals surface area contributed by atoms with E-state index in [0.717, 1.165) is 10.9 Å². The van der Waals surface area contributed by atoms with Crippen molar-refractivity contribution in [1.29, 1.82) is 0 Å². The standard InChI is InChI=1S/C7H9NS2/c9-7-8-4-2-1-3-6(8)5-10-7/h1-2,6H,3-5H2. The summed E-state index contributed by atoms with van der Waals surface area (Å²) in [5.41, 5.74) is 0. The van der Waals surface area contributed by atoms with E-state index in [1.807, 2.05) is 11.8 Å². The molecule has 1 nitrogen and oxygen atoms in total.